The van der Waals surface area contributed by atoms with E-state index in [2.05, 4.69) is 16.8 Å². The molecule has 0 saturated heterocycles. The number of hydrogen-bond donors (Lipinski definition) is 1. The Labute approximate surface area is 91.8 Å². The fourth-order valence-corrected chi connectivity index (χ4v) is 1.48. The normalized spacial score (nSPS) is 13.1. The third-order valence-electron chi connectivity index (χ3n) is 2.41. The van der Waals surface area contributed by atoms with Crippen molar-refractivity contribution in [2.75, 3.05) is 20.1 Å². The summed E-state index contributed by atoms with van der Waals surface area (Å²) in [4.78, 5) is 6.28. The zero-order valence-electron chi connectivity index (χ0n) is 9.56. The van der Waals surface area contributed by atoms with Gasteiger partial charge in [0.25, 0.3) is 0 Å². The van der Waals surface area contributed by atoms with E-state index in [1.54, 1.807) is 6.20 Å². The molecule has 0 radical (unpaired) electrons. The van der Waals surface area contributed by atoms with Crippen molar-refractivity contribution in [3.63, 3.8) is 0 Å². The van der Waals surface area contributed by atoms with Crippen LogP contribution in [0.1, 0.15) is 31.6 Å². The van der Waals surface area contributed by atoms with E-state index < -0.39 is 6.10 Å². The van der Waals surface area contributed by atoms with Gasteiger partial charge in [0.05, 0.1) is 5.69 Å². The Kier molecular flexibility index (Phi) is 5.29. The fourth-order valence-electron chi connectivity index (χ4n) is 1.48. The topological polar surface area (TPSA) is 36.4 Å². The highest BCUT2D eigenvalue weighted by Gasteiger charge is 2.10. The summed E-state index contributed by atoms with van der Waals surface area (Å²) in [6, 6.07) is 5.62. The number of hydrogen-bond acceptors (Lipinski definition) is 3. The molecule has 0 fully saturated rings. The van der Waals surface area contributed by atoms with Crippen LogP contribution in [0.2, 0.25) is 0 Å². The Hall–Kier alpha value is -0.930. The monoisotopic (exact) mass is 208 g/mol. The average Bonchev–Trinajstić information content (AvgIpc) is 2.27. The molecule has 3 nitrogen and oxygen atoms in total. The van der Waals surface area contributed by atoms with Crippen LogP contribution in [-0.4, -0.2) is 35.1 Å². The predicted molar refractivity (Wildman–Crippen MR) is 61.6 cm³/mol. The zero-order chi connectivity index (χ0) is 11.1. The summed E-state index contributed by atoms with van der Waals surface area (Å²) in [5.74, 6) is 0. The molecule has 0 saturated carbocycles. The molecule has 0 amide bonds. The molecule has 0 spiro atoms. The van der Waals surface area contributed by atoms with Gasteiger partial charge in [0, 0.05) is 12.7 Å². The number of rotatable bonds is 6. The highest BCUT2D eigenvalue weighted by molar-refractivity contribution is 5.06. The first-order valence-electron chi connectivity index (χ1n) is 5.51. The van der Waals surface area contributed by atoms with Gasteiger partial charge in [-0.2, -0.15) is 0 Å². The number of unbranched alkanes of at least 4 members (excludes halogenated alkanes) is 1. The highest BCUT2D eigenvalue weighted by Crippen LogP contribution is 2.10. The van der Waals surface area contributed by atoms with E-state index in [1.807, 2.05) is 25.2 Å². The van der Waals surface area contributed by atoms with Gasteiger partial charge in [0.15, 0.2) is 0 Å². The number of aliphatic hydroxyl groups excluding tert-OH is 1. The molecule has 1 unspecified atom stereocenters. The molecule has 1 aromatic heterocycles. The van der Waals surface area contributed by atoms with Crippen LogP contribution < -0.4 is 0 Å². The maximum Gasteiger partial charge on any atom is 0.109 e. The van der Waals surface area contributed by atoms with Gasteiger partial charge in [-0.3, -0.25) is 4.98 Å². The van der Waals surface area contributed by atoms with Crippen LogP contribution in [0.15, 0.2) is 24.4 Å². The second-order valence-corrected chi connectivity index (χ2v) is 3.89. The fraction of sp³-hybridized carbons (Fsp3) is 0.583. The quantitative estimate of drug-likeness (QED) is 0.775. The minimum Gasteiger partial charge on any atom is -0.385 e. The lowest BCUT2D eigenvalue weighted by Crippen LogP contribution is -2.25. The van der Waals surface area contributed by atoms with Crippen molar-refractivity contribution in [2.45, 2.75) is 25.9 Å². The van der Waals surface area contributed by atoms with Gasteiger partial charge < -0.3 is 10.0 Å². The Morgan fingerprint density at radius 1 is 1.47 bits per heavy atom. The SMILES string of the molecule is CCCCN(C)CC(O)c1ccccn1. The minimum atomic E-state index is -0.479. The minimum absolute atomic E-state index is 0.479. The van der Waals surface area contributed by atoms with E-state index in [4.69, 9.17) is 0 Å². The highest BCUT2D eigenvalue weighted by atomic mass is 16.3. The lowest BCUT2D eigenvalue weighted by Gasteiger charge is -2.19. The molecule has 1 rings (SSSR count). The third kappa shape index (κ3) is 4.40. The van der Waals surface area contributed by atoms with Gasteiger partial charge in [0.2, 0.25) is 0 Å². The number of likely N-dealkylation sites (N-methyl/N-ethyl adjacent to an activating group) is 1. The molecular formula is C12H20N2O. The van der Waals surface area contributed by atoms with Crippen molar-refractivity contribution >= 4 is 0 Å². The van der Waals surface area contributed by atoms with Crippen molar-refractivity contribution in [1.82, 2.24) is 9.88 Å². The second kappa shape index (κ2) is 6.53. The molecule has 84 valence electrons. The van der Waals surface area contributed by atoms with E-state index in [-0.39, 0.29) is 0 Å². The maximum atomic E-state index is 9.89. The summed E-state index contributed by atoms with van der Waals surface area (Å²) in [5.41, 5.74) is 0.751. The lowest BCUT2D eigenvalue weighted by atomic mass is 10.2. The standard InChI is InChI=1S/C12H20N2O/c1-3-4-9-14(2)10-12(15)11-7-5-6-8-13-11/h5-8,12,15H,3-4,9-10H2,1-2H3. The van der Waals surface area contributed by atoms with Crippen LogP contribution in [-0.2, 0) is 0 Å². The molecule has 1 atom stereocenters. The molecule has 0 aliphatic rings. The van der Waals surface area contributed by atoms with Gasteiger partial charge in [-0.25, -0.2) is 0 Å². The average molecular weight is 208 g/mol. The zero-order valence-corrected chi connectivity index (χ0v) is 9.56. The molecule has 0 aromatic carbocycles. The maximum absolute atomic E-state index is 9.89. The van der Waals surface area contributed by atoms with Crippen LogP contribution in [0.5, 0.6) is 0 Å². The van der Waals surface area contributed by atoms with Crippen molar-refractivity contribution < 1.29 is 5.11 Å². The first-order chi connectivity index (χ1) is 7.24. The van der Waals surface area contributed by atoms with Crippen molar-refractivity contribution in [2.24, 2.45) is 0 Å². The summed E-state index contributed by atoms with van der Waals surface area (Å²) in [5, 5.41) is 9.89. The number of nitrogens with zero attached hydrogens (tertiary/aromatic N) is 2. The van der Waals surface area contributed by atoms with Crippen molar-refractivity contribution in [3.05, 3.63) is 30.1 Å². The van der Waals surface area contributed by atoms with Crippen molar-refractivity contribution in [1.29, 1.82) is 0 Å². The summed E-state index contributed by atoms with van der Waals surface area (Å²) < 4.78 is 0. The van der Waals surface area contributed by atoms with Crippen LogP contribution in [0.25, 0.3) is 0 Å². The van der Waals surface area contributed by atoms with Gasteiger partial charge in [0.1, 0.15) is 6.10 Å². The molecule has 0 aliphatic carbocycles. The van der Waals surface area contributed by atoms with E-state index in [1.165, 1.54) is 12.8 Å². The van der Waals surface area contributed by atoms with E-state index in [0.29, 0.717) is 6.54 Å². The number of aromatic nitrogens is 1. The van der Waals surface area contributed by atoms with E-state index in [0.717, 1.165) is 12.2 Å². The number of aliphatic hydroxyl groups is 1. The third-order valence-corrected chi connectivity index (χ3v) is 2.41. The molecule has 1 aromatic rings. The van der Waals surface area contributed by atoms with E-state index in [9.17, 15) is 5.11 Å². The van der Waals surface area contributed by atoms with Crippen LogP contribution >= 0.6 is 0 Å². The lowest BCUT2D eigenvalue weighted by molar-refractivity contribution is 0.122. The summed E-state index contributed by atoms with van der Waals surface area (Å²) in [6.45, 7) is 3.85. The first kappa shape index (κ1) is 12.1. The van der Waals surface area contributed by atoms with Crippen molar-refractivity contribution in [3.8, 4) is 0 Å². The van der Waals surface area contributed by atoms with Gasteiger partial charge in [-0.15, -0.1) is 0 Å². The predicted octanol–water partition coefficient (Wildman–Crippen LogP) is 1.85. The molecule has 0 aliphatic heterocycles. The van der Waals surface area contributed by atoms with Crippen LogP contribution in [0.4, 0.5) is 0 Å². The molecule has 1 N–H and O–H groups in total. The Bertz CT molecular complexity index is 264. The number of pyridine rings is 1. The van der Waals surface area contributed by atoms with Crippen LogP contribution in [0, 0.1) is 0 Å². The van der Waals surface area contributed by atoms with E-state index >= 15 is 0 Å². The second-order valence-electron chi connectivity index (χ2n) is 3.89. The van der Waals surface area contributed by atoms with Crippen LogP contribution in [0.3, 0.4) is 0 Å². The van der Waals surface area contributed by atoms with Gasteiger partial charge >= 0.3 is 0 Å². The molecular weight excluding hydrogens is 188 g/mol. The smallest absolute Gasteiger partial charge is 0.109 e. The first-order valence-corrected chi connectivity index (χ1v) is 5.51. The Morgan fingerprint density at radius 3 is 2.87 bits per heavy atom. The Balaban J connectivity index is 2.38. The molecule has 1 heterocycles. The summed E-state index contributed by atoms with van der Waals surface area (Å²) >= 11 is 0. The largest absolute Gasteiger partial charge is 0.385 e. The van der Waals surface area contributed by atoms with Gasteiger partial charge in [-0.05, 0) is 32.1 Å². The van der Waals surface area contributed by atoms with Gasteiger partial charge in [-0.1, -0.05) is 19.4 Å². The molecule has 15 heavy (non-hydrogen) atoms. The summed E-state index contributed by atoms with van der Waals surface area (Å²) in [7, 11) is 2.03. The molecule has 0 bridgehead atoms. The Morgan fingerprint density at radius 2 is 2.27 bits per heavy atom. The molecule has 3 heteroatoms. The summed E-state index contributed by atoms with van der Waals surface area (Å²) in [6.07, 6.45) is 3.59.